The number of nitrogens with zero attached hydrogens (tertiary/aromatic N) is 4. The second kappa shape index (κ2) is 5.89. The summed E-state index contributed by atoms with van der Waals surface area (Å²) in [6.45, 7) is 2.28. The number of fused-ring (bicyclic) bond motifs is 1. The van der Waals surface area contributed by atoms with Crippen LogP contribution in [0.5, 0.6) is 0 Å². The van der Waals surface area contributed by atoms with Crippen molar-refractivity contribution in [2.24, 2.45) is 0 Å². The van der Waals surface area contributed by atoms with Gasteiger partial charge in [-0.25, -0.2) is 9.97 Å². The Morgan fingerprint density at radius 2 is 1.91 bits per heavy atom. The zero-order chi connectivity index (χ0) is 14.8. The second-order valence-electron chi connectivity index (χ2n) is 5.90. The number of benzene rings is 1. The van der Waals surface area contributed by atoms with E-state index >= 15 is 0 Å². The van der Waals surface area contributed by atoms with Crippen LogP contribution in [0.2, 0.25) is 0 Å². The number of rotatable bonds is 4. The minimum Gasteiger partial charge on any atom is -0.295 e. The fourth-order valence-corrected chi connectivity index (χ4v) is 3.47. The first kappa shape index (κ1) is 13.5. The van der Waals surface area contributed by atoms with Crippen LogP contribution >= 0.6 is 0 Å². The van der Waals surface area contributed by atoms with E-state index in [9.17, 15) is 0 Å². The fraction of sp³-hybridized carbons (Fsp3) is 0.333. The molecule has 0 bridgehead atoms. The lowest BCUT2D eigenvalue weighted by atomic mass is 10.1. The summed E-state index contributed by atoms with van der Waals surface area (Å²) in [5.41, 5.74) is 2.73. The summed E-state index contributed by atoms with van der Waals surface area (Å²) in [4.78, 5) is 11.2. The van der Waals surface area contributed by atoms with Crippen LogP contribution in [-0.2, 0) is 6.42 Å². The average Bonchev–Trinajstić information content (AvgIpc) is 3.22. The predicted octanol–water partition coefficient (Wildman–Crippen LogP) is 3.11. The lowest BCUT2D eigenvalue weighted by Crippen LogP contribution is -2.27. The summed E-state index contributed by atoms with van der Waals surface area (Å²) in [6, 6.07) is 13.4. The molecule has 1 unspecified atom stereocenters. The van der Waals surface area contributed by atoms with Gasteiger partial charge in [-0.15, -0.1) is 0 Å². The summed E-state index contributed by atoms with van der Waals surface area (Å²) in [6.07, 6.45) is 9.31. The molecule has 0 spiro atoms. The molecule has 1 aliphatic rings. The molecular formula is C18H20N4. The van der Waals surface area contributed by atoms with E-state index in [0.29, 0.717) is 6.04 Å². The van der Waals surface area contributed by atoms with E-state index in [1.165, 1.54) is 30.6 Å². The zero-order valence-electron chi connectivity index (χ0n) is 12.6. The summed E-state index contributed by atoms with van der Waals surface area (Å²) in [5, 5.41) is 0. The van der Waals surface area contributed by atoms with Gasteiger partial charge in [0.15, 0.2) is 0 Å². The first-order chi connectivity index (χ1) is 10.9. The van der Waals surface area contributed by atoms with Crippen LogP contribution in [-0.4, -0.2) is 32.4 Å². The molecular weight excluding hydrogens is 272 g/mol. The standard InChI is InChI=1S/C18H20N4/c1-2-5-15(6-3-1)9-13-21-12-4-7-16(21)17-8-10-19-18-20-11-14-22(17)18/h1-3,5-6,8,10-11,14,16H,4,7,9,12-13H2. The Hall–Kier alpha value is -2.20. The van der Waals surface area contributed by atoms with Gasteiger partial charge < -0.3 is 0 Å². The van der Waals surface area contributed by atoms with Crippen LogP contribution in [0.15, 0.2) is 55.0 Å². The Morgan fingerprint density at radius 1 is 1.05 bits per heavy atom. The van der Waals surface area contributed by atoms with Gasteiger partial charge in [0.2, 0.25) is 5.78 Å². The number of imidazole rings is 1. The molecule has 0 amide bonds. The topological polar surface area (TPSA) is 33.4 Å². The molecule has 4 rings (SSSR count). The van der Waals surface area contributed by atoms with E-state index in [-0.39, 0.29) is 0 Å². The molecule has 0 aliphatic carbocycles. The van der Waals surface area contributed by atoms with Crippen LogP contribution in [0.25, 0.3) is 5.78 Å². The lowest BCUT2D eigenvalue weighted by Gasteiger charge is -2.25. The van der Waals surface area contributed by atoms with E-state index in [0.717, 1.165) is 18.7 Å². The maximum absolute atomic E-state index is 4.33. The molecule has 4 nitrogen and oxygen atoms in total. The largest absolute Gasteiger partial charge is 0.295 e. The molecule has 0 saturated carbocycles. The van der Waals surface area contributed by atoms with Gasteiger partial charge in [-0.2, -0.15) is 0 Å². The van der Waals surface area contributed by atoms with Crippen LogP contribution in [0.4, 0.5) is 0 Å². The molecule has 1 aromatic carbocycles. The number of hydrogen-bond acceptors (Lipinski definition) is 3. The molecule has 4 heteroatoms. The van der Waals surface area contributed by atoms with Gasteiger partial charge in [-0.05, 0) is 37.4 Å². The van der Waals surface area contributed by atoms with Crippen LogP contribution in [0, 0.1) is 0 Å². The first-order valence-electron chi connectivity index (χ1n) is 7.98. The number of hydrogen-bond donors (Lipinski definition) is 0. The Labute approximate surface area is 130 Å². The molecule has 3 heterocycles. The Morgan fingerprint density at radius 3 is 2.82 bits per heavy atom. The van der Waals surface area contributed by atoms with E-state index in [2.05, 4.69) is 55.7 Å². The number of aromatic nitrogens is 3. The van der Waals surface area contributed by atoms with Gasteiger partial charge >= 0.3 is 0 Å². The summed E-state index contributed by atoms with van der Waals surface area (Å²) in [7, 11) is 0. The molecule has 3 aromatic rings. The fourth-order valence-electron chi connectivity index (χ4n) is 3.47. The van der Waals surface area contributed by atoms with Gasteiger partial charge in [0, 0.05) is 30.8 Å². The van der Waals surface area contributed by atoms with Crippen molar-refractivity contribution in [1.82, 2.24) is 19.3 Å². The van der Waals surface area contributed by atoms with Crippen LogP contribution in [0.3, 0.4) is 0 Å². The highest BCUT2D eigenvalue weighted by Crippen LogP contribution is 2.31. The molecule has 1 aliphatic heterocycles. The molecule has 0 radical (unpaired) electrons. The van der Waals surface area contributed by atoms with Crippen molar-refractivity contribution < 1.29 is 0 Å². The normalized spacial score (nSPS) is 19.0. The predicted molar refractivity (Wildman–Crippen MR) is 86.7 cm³/mol. The third kappa shape index (κ3) is 2.50. The molecule has 2 aromatic heterocycles. The van der Waals surface area contributed by atoms with Gasteiger partial charge in [-0.3, -0.25) is 9.30 Å². The molecule has 1 fully saturated rings. The Balaban J connectivity index is 1.55. The van der Waals surface area contributed by atoms with Crippen molar-refractivity contribution >= 4 is 5.78 Å². The molecule has 1 saturated heterocycles. The molecule has 1 atom stereocenters. The number of likely N-dealkylation sites (tertiary alicyclic amines) is 1. The van der Waals surface area contributed by atoms with Crippen molar-refractivity contribution in [3.63, 3.8) is 0 Å². The Kier molecular flexibility index (Phi) is 3.60. The highest BCUT2D eigenvalue weighted by Gasteiger charge is 2.27. The SMILES string of the molecule is c1ccc(CCN2CCCC2c2ccnc3nccn23)cc1. The van der Waals surface area contributed by atoms with E-state index in [1.54, 1.807) is 0 Å². The smallest absolute Gasteiger partial charge is 0.233 e. The third-order valence-corrected chi connectivity index (χ3v) is 4.57. The van der Waals surface area contributed by atoms with Crippen LogP contribution in [0.1, 0.15) is 30.1 Å². The maximum atomic E-state index is 4.33. The zero-order valence-corrected chi connectivity index (χ0v) is 12.6. The van der Waals surface area contributed by atoms with Gasteiger partial charge in [0.25, 0.3) is 0 Å². The van der Waals surface area contributed by atoms with Crippen molar-refractivity contribution in [2.45, 2.75) is 25.3 Å². The van der Waals surface area contributed by atoms with Crippen molar-refractivity contribution in [2.75, 3.05) is 13.1 Å². The van der Waals surface area contributed by atoms with Gasteiger partial charge in [0.1, 0.15) is 0 Å². The monoisotopic (exact) mass is 292 g/mol. The quantitative estimate of drug-likeness (QED) is 0.741. The Bertz CT molecular complexity index is 750. The summed E-state index contributed by atoms with van der Waals surface area (Å²) < 4.78 is 2.13. The van der Waals surface area contributed by atoms with E-state index in [4.69, 9.17) is 0 Å². The van der Waals surface area contributed by atoms with Gasteiger partial charge in [-0.1, -0.05) is 30.3 Å². The molecule has 112 valence electrons. The average molecular weight is 292 g/mol. The minimum atomic E-state index is 0.475. The van der Waals surface area contributed by atoms with E-state index < -0.39 is 0 Å². The first-order valence-corrected chi connectivity index (χ1v) is 7.98. The van der Waals surface area contributed by atoms with Crippen molar-refractivity contribution in [3.05, 3.63) is 66.2 Å². The minimum absolute atomic E-state index is 0.475. The summed E-state index contributed by atoms with van der Waals surface area (Å²) in [5.74, 6) is 0.799. The van der Waals surface area contributed by atoms with Crippen molar-refractivity contribution in [3.8, 4) is 0 Å². The second-order valence-corrected chi connectivity index (χ2v) is 5.90. The molecule has 0 N–H and O–H groups in total. The molecule has 22 heavy (non-hydrogen) atoms. The third-order valence-electron chi connectivity index (χ3n) is 4.57. The van der Waals surface area contributed by atoms with E-state index in [1.807, 2.05) is 18.6 Å². The highest BCUT2D eigenvalue weighted by molar-refractivity contribution is 5.31. The summed E-state index contributed by atoms with van der Waals surface area (Å²) >= 11 is 0. The highest BCUT2D eigenvalue weighted by atomic mass is 15.2. The maximum Gasteiger partial charge on any atom is 0.233 e. The van der Waals surface area contributed by atoms with Crippen molar-refractivity contribution in [1.29, 1.82) is 0 Å². The lowest BCUT2D eigenvalue weighted by molar-refractivity contribution is 0.255. The van der Waals surface area contributed by atoms with Gasteiger partial charge in [0.05, 0.1) is 6.04 Å². The van der Waals surface area contributed by atoms with Crippen LogP contribution < -0.4 is 0 Å².